The number of benzene rings is 1. The van der Waals surface area contributed by atoms with Crippen molar-refractivity contribution >= 4 is 17.3 Å². The van der Waals surface area contributed by atoms with Gasteiger partial charge in [0.1, 0.15) is 12.2 Å². The van der Waals surface area contributed by atoms with Crippen LogP contribution in [0.15, 0.2) is 24.3 Å². The Labute approximate surface area is 98.9 Å². The van der Waals surface area contributed by atoms with Crippen LogP contribution in [0.2, 0.25) is 0 Å². The second-order valence-corrected chi connectivity index (χ2v) is 3.34. The molecule has 0 spiro atoms. The molecule has 0 saturated heterocycles. The molecular weight excluding hydrogens is 224 g/mol. The highest BCUT2D eigenvalue weighted by molar-refractivity contribution is 5.77. The molecule has 0 aliphatic heterocycles. The highest BCUT2D eigenvalue weighted by Crippen LogP contribution is 2.27. The van der Waals surface area contributed by atoms with Crippen LogP contribution in [0, 0.1) is 10.1 Å². The average Bonchev–Trinajstić information content (AvgIpc) is 2.35. The lowest BCUT2D eigenvalue weighted by molar-refractivity contribution is -0.384. The molecule has 0 amide bonds. The molecule has 0 aromatic heterocycles. The summed E-state index contributed by atoms with van der Waals surface area (Å²) in [6.45, 7) is 2.30. The molecular formula is C11H14N2O4. The number of carbonyl (C=O) groups is 1. The number of ether oxygens (including phenoxy) is 1. The van der Waals surface area contributed by atoms with E-state index < -0.39 is 10.9 Å². The molecule has 17 heavy (non-hydrogen) atoms. The largest absolute Gasteiger partial charge is 0.468 e. The molecule has 0 fully saturated rings. The summed E-state index contributed by atoms with van der Waals surface area (Å²) in [5.74, 6) is -0.426. The number of carbonyl (C=O) groups excluding carboxylic acids is 1. The van der Waals surface area contributed by atoms with Crippen molar-refractivity contribution in [2.24, 2.45) is 0 Å². The summed E-state index contributed by atoms with van der Waals surface area (Å²) in [6, 6.07) is 6.32. The standard InChI is InChI=1S/C11H14N2O4/c1-3-12(8-11(14)17-2)9-6-4-5-7-10(9)13(15)16/h4-7H,3,8H2,1-2H3. The number of rotatable bonds is 5. The van der Waals surface area contributed by atoms with Gasteiger partial charge in [0, 0.05) is 12.6 Å². The number of para-hydroxylation sites is 2. The van der Waals surface area contributed by atoms with E-state index in [0.717, 1.165) is 0 Å². The summed E-state index contributed by atoms with van der Waals surface area (Å²) in [6.07, 6.45) is 0. The molecule has 0 N–H and O–H groups in total. The van der Waals surface area contributed by atoms with E-state index >= 15 is 0 Å². The van der Waals surface area contributed by atoms with Gasteiger partial charge in [0.25, 0.3) is 5.69 Å². The fourth-order valence-electron chi connectivity index (χ4n) is 1.47. The van der Waals surface area contributed by atoms with Crippen LogP contribution in [-0.4, -0.2) is 31.1 Å². The SMILES string of the molecule is CCN(CC(=O)OC)c1ccccc1[N+](=O)[O-]. The number of nitro benzene ring substituents is 1. The quantitative estimate of drug-likeness (QED) is 0.442. The van der Waals surface area contributed by atoms with Crippen molar-refractivity contribution in [1.82, 2.24) is 0 Å². The van der Waals surface area contributed by atoms with E-state index in [1.807, 2.05) is 6.92 Å². The number of methoxy groups -OCH3 is 1. The van der Waals surface area contributed by atoms with E-state index in [1.54, 1.807) is 23.1 Å². The molecule has 92 valence electrons. The first-order valence-corrected chi connectivity index (χ1v) is 5.15. The van der Waals surface area contributed by atoms with Crippen LogP contribution in [0.5, 0.6) is 0 Å². The molecule has 6 heteroatoms. The van der Waals surface area contributed by atoms with E-state index in [1.165, 1.54) is 13.2 Å². The highest BCUT2D eigenvalue weighted by atomic mass is 16.6. The molecule has 0 unspecified atom stereocenters. The minimum atomic E-state index is -0.463. The molecule has 0 radical (unpaired) electrons. The van der Waals surface area contributed by atoms with E-state index in [-0.39, 0.29) is 12.2 Å². The highest BCUT2D eigenvalue weighted by Gasteiger charge is 2.19. The molecule has 0 aliphatic rings. The van der Waals surface area contributed by atoms with Gasteiger partial charge in [-0.15, -0.1) is 0 Å². The fraction of sp³-hybridized carbons (Fsp3) is 0.364. The monoisotopic (exact) mass is 238 g/mol. The molecule has 6 nitrogen and oxygen atoms in total. The van der Waals surface area contributed by atoms with E-state index in [4.69, 9.17) is 0 Å². The van der Waals surface area contributed by atoms with Gasteiger partial charge in [0.2, 0.25) is 0 Å². The average molecular weight is 238 g/mol. The lowest BCUT2D eigenvalue weighted by Crippen LogP contribution is -2.30. The number of nitro groups is 1. The number of likely N-dealkylation sites (N-methyl/N-ethyl adjacent to an activating group) is 1. The predicted octanol–water partition coefficient (Wildman–Crippen LogP) is 1.59. The number of anilines is 1. The minimum Gasteiger partial charge on any atom is -0.468 e. The third kappa shape index (κ3) is 3.17. The van der Waals surface area contributed by atoms with Gasteiger partial charge in [-0.3, -0.25) is 14.9 Å². The smallest absolute Gasteiger partial charge is 0.325 e. The lowest BCUT2D eigenvalue weighted by Gasteiger charge is -2.21. The lowest BCUT2D eigenvalue weighted by atomic mass is 10.2. The topological polar surface area (TPSA) is 72.7 Å². The Hall–Kier alpha value is -2.11. The Morgan fingerprint density at radius 3 is 2.65 bits per heavy atom. The van der Waals surface area contributed by atoms with Crippen molar-refractivity contribution in [3.8, 4) is 0 Å². The Bertz CT molecular complexity index is 420. The van der Waals surface area contributed by atoms with Gasteiger partial charge >= 0.3 is 5.97 Å². The van der Waals surface area contributed by atoms with Gasteiger partial charge in [-0.2, -0.15) is 0 Å². The minimum absolute atomic E-state index is 0.00213. The molecule has 0 saturated carbocycles. The third-order valence-corrected chi connectivity index (χ3v) is 2.35. The summed E-state index contributed by atoms with van der Waals surface area (Å²) in [5.41, 5.74) is 0.406. The zero-order valence-electron chi connectivity index (χ0n) is 9.75. The van der Waals surface area contributed by atoms with Crippen LogP contribution in [0.4, 0.5) is 11.4 Å². The normalized spacial score (nSPS) is 9.76. The molecule has 0 aliphatic carbocycles. The maximum absolute atomic E-state index is 11.2. The first-order valence-electron chi connectivity index (χ1n) is 5.15. The number of hydrogen-bond donors (Lipinski definition) is 0. The second kappa shape index (κ2) is 5.83. The van der Waals surface area contributed by atoms with Crippen molar-refractivity contribution in [3.05, 3.63) is 34.4 Å². The summed E-state index contributed by atoms with van der Waals surface area (Å²) in [5, 5.41) is 10.9. The van der Waals surface area contributed by atoms with Crippen LogP contribution < -0.4 is 4.90 Å². The van der Waals surface area contributed by atoms with Crippen molar-refractivity contribution in [2.45, 2.75) is 6.92 Å². The van der Waals surface area contributed by atoms with Gasteiger partial charge in [0.15, 0.2) is 0 Å². The van der Waals surface area contributed by atoms with Crippen LogP contribution in [-0.2, 0) is 9.53 Å². The Kier molecular flexibility index (Phi) is 4.45. The van der Waals surface area contributed by atoms with E-state index in [9.17, 15) is 14.9 Å². The number of nitrogens with zero attached hydrogens (tertiary/aromatic N) is 2. The maximum atomic E-state index is 11.2. The fourth-order valence-corrected chi connectivity index (χ4v) is 1.47. The molecule has 1 aromatic rings. The summed E-state index contributed by atoms with van der Waals surface area (Å²) < 4.78 is 4.55. The van der Waals surface area contributed by atoms with E-state index in [0.29, 0.717) is 12.2 Å². The van der Waals surface area contributed by atoms with Crippen LogP contribution >= 0.6 is 0 Å². The first-order chi connectivity index (χ1) is 8.10. The molecule has 1 aromatic carbocycles. The predicted molar refractivity (Wildman–Crippen MR) is 63.0 cm³/mol. The second-order valence-electron chi connectivity index (χ2n) is 3.34. The zero-order valence-corrected chi connectivity index (χ0v) is 9.75. The maximum Gasteiger partial charge on any atom is 0.325 e. The first kappa shape index (κ1) is 13.0. The zero-order chi connectivity index (χ0) is 12.8. The Balaban J connectivity index is 3.03. The van der Waals surface area contributed by atoms with Crippen molar-refractivity contribution in [1.29, 1.82) is 0 Å². The van der Waals surface area contributed by atoms with Crippen LogP contribution in [0.3, 0.4) is 0 Å². The summed E-state index contributed by atoms with van der Waals surface area (Å²) >= 11 is 0. The molecule has 0 heterocycles. The van der Waals surface area contributed by atoms with Gasteiger partial charge in [0.05, 0.1) is 12.0 Å². The molecule has 0 bridgehead atoms. The summed E-state index contributed by atoms with van der Waals surface area (Å²) in [7, 11) is 1.29. The number of esters is 1. The molecule has 1 rings (SSSR count). The van der Waals surface area contributed by atoms with Gasteiger partial charge in [-0.25, -0.2) is 0 Å². The van der Waals surface area contributed by atoms with Gasteiger partial charge in [-0.1, -0.05) is 12.1 Å². The van der Waals surface area contributed by atoms with Crippen molar-refractivity contribution in [2.75, 3.05) is 25.1 Å². The third-order valence-electron chi connectivity index (χ3n) is 2.35. The van der Waals surface area contributed by atoms with Gasteiger partial charge in [-0.05, 0) is 13.0 Å². The Morgan fingerprint density at radius 1 is 1.47 bits per heavy atom. The van der Waals surface area contributed by atoms with Crippen molar-refractivity contribution in [3.63, 3.8) is 0 Å². The molecule has 0 atom stereocenters. The van der Waals surface area contributed by atoms with Gasteiger partial charge < -0.3 is 9.64 Å². The van der Waals surface area contributed by atoms with Crippen molar-refractivity contribution < 1.29 is 14.5 Å². The number of hydrogen-bond acceptors (Lipinski definition) is 5. The summed E-state index contributed by atoms with van der Waals surface area (Å²) in [4.78, 5) is 23.2. The van der Waals surface area contributed by atoms with Crippen LogP contribution in [0.25, 0.3) is 0 Å². The van der Waals surface area contributed by atoms with E-state index in [2.05, 4.69) is 4.74 Å². The Morgan fingerprint density at radius 2 is 2.12 bits per heavy atom. The van der Waals surface area contributed by atoms with Crippen LogP contribution in [0.1, 0.15) is 6.92 Å².